The first-order chi connectivity index (χ1) is 11.1. The summed E-state index contributed by atoms with van der Waals surface area (Å²) in [6.45, 7) is 3.06. The summed E-state index contributed by atoms with van der Waals surface area (Å²) in [5, 5.41) is 10.9. The van der Waals surface area contributed by atoms with E-state index < -0.39 is 6.10 Å². The summed E-state index contributed by atoms with van der Waals surface area (Å²) in [5.41, 5.74) is 2.19. The van der Waals surface area contributed by atoms with Gasteiger partial charge in [-0.1, -0.05) is 23.6 Å². The third-order valence-corrected chi connectivity index (χ3v) is 3.24. The number of carbonyl (C=O) groups is 1. The fourth-order valence-corrected chi connectivity index (χ4v) is 2.25. The molecule has 1 atom stereocenters. The fraction of sp³-hybridized carbons (Fsp3) is 0.190. The van der Waals surface area contributed by atoms with Gasteiger partial charge in [0.15, 0.2) is 0 Å². The Morgan fingerprint density at radius 3 is 2.33 bits per heavy atom. The maximum absolute atomic E-state index is 10.1. The minimum atomic E-state index is -0.475. The van der Waals surface area contributed by atoms with Crippen molar-refractivity contribution in [1.82, 2.24) is 0 Å². The largest absolute Gasteiger partial charge is 0.393 e. The minimum Gasteiger partial charge on any atom is -0.393 e. The average Bonchev–Trinajstić information content (AvgIpc) is 2.54. The van der Waals surface area contributed by atoms with Crippen LogP contribution >= 0.6 is 0 Å². The van der Waals surface area contributed by atoms with Crippen LogP contribution in [-0.4, -0.2) is 17.0 Å². The van der Waals surface area contributed by atoms with Gasteiger partial charge in [0.2, 0.25) is 0 Å². The number of hydrogen-bond donors (Lipinski definition) is 1. The molecular formula is C21H20IrO2-2. The standard InChI is InChI=1S/C16H10.C5H10O2.Ir/c1-2-6-13(7-3-1)16-11-10-14-8-4-5-9-15(14)12-16;1-4(6)3-5(2)7;/h1-6,8-11H;4,6H,3H2,1-2H3;/q-2;;. The van der Waals surface area contributed by atoms with Gasteiger partial charge in [-0.05, 0) is 13.8 Å². The molecule has 0 fully saturated rings. The van der Waals surface area contributed by atoms with Crippen molar-refractivity contribution in [3.8, 4) is 11.1 Å². The van der Waals surface area contributed by atoms with E-state index in [4.69, 9.17) is 5.11 Å². The summed E-state index contributed by atoms with van der Waals surface area (Å²) in [6, 6.07) is 27.1. The molecule has 1 radical (unpaired) electrons. The van der Waals surface area contributed by atoms with Crippen molar-refractivity contribution in [2.75, 3.05) is 0 Å². The molecule has 0 amide bonds. The molecular weight excluding hydrogens is 476 g/mol. The minimum absolute atomic E-state index is 0. The molecule has 3 aromatic rings. The van der Waals surface area contributed by atoms with Crippen LogP contribution in [0, 0.1) is 12.1 Å². The molecule has 0 saturated heterocycles. The molecule has 0 aromatic heterocycles. The topological polar surface area (TPSA) is 37.3 Å². The number of Topliss-reactive ketones (excluding diaryl/α,β-unsaturated/α-hetero) is 1. The molecule has 0 saturated carbocycles. The molecule has 127 valence electrons. The van der Waals surface area contributed by atoms with Crippen LogP contribution < -0.4 is 0 Å². The van der Waals surface area contributed by atoms with Crippen molar-refractivity contribution in [2.45, 2.75) is 26.4 Å². The Bertz CT molecular complexity index is 767. The first kappa shape index (κ1) is 20.2. The monoisotopic (exact) mass is 497 g/mol. The van der Waals surface area contributed by atoms with Crippen molar-refractivity contribution in [3.05, 3.63) is 72.8 Å². The second kappa shape index (κ2) is 10.1. The molecule has 0 heterocycles. The smallest absolute Gasteiger partial charge is 0.132 e. The van der Waals surface area contributed by atoms with Gasteiger partial charge in [-0.25, -0.2) is 5.56 Å². The Labute approximate surface area is 156 Å². The van der Waals surface area contributed by atoms with Gasteiger partial charge in [0.05, 0.1) is 6.10 Å². The summed E-state index contributed by atoms with van der Waals surface area (Å²) in [5.74, 6) is 0.0370. The second-order valence-electron chi connectivity index (χ2n) is 5.49. The molecule has 0 aliphatic heterocycles. The molecule has 1 N–H and O–H groups in total. The molecule has 0 aliphatic rings. The third kappa shape index (κ3) is 6.37. The molecule has 24 heavy (non-hydrogen) atoms. The molecule has 0 bridgehead atoms. The van der Waals surface area contributed by atoms with E-state index in [1.54, 1.807) is 6.92 Å². The first-order valence-electron chi connectivity index (χ1n) is 7.62. The molecule has 3 heteroatoms. The van der Waals surface area contributed by atoms with Gasteiger partial charge in [0.1, 0.15) is 5.78 Å². The van der Waals surface area contributed by atoms with E-state index in [0.29, 0.717) is 0 Å². The summed E-state index contributed by atoms with van der Waals surface area (Å²) in [4.78, 5) is 10.1. The van der Waals surface area contributed by atoms with Gasteiger partial charge in [-0.2, -0.15) is 42.0 Å². The molecule has 3 rings (SSSR count). The molecule has 0 spiro atoms. The first-order valence-corrected chi connectivity index (χ1v) is 7.62. The maximum Gasteiger partial charge on any atom is 0.132 e. The van der Waals surface area contributed by atoms with E-state index in [1.807, 2.05) is 30.3 Å². The second-order valence-corrected chi connectivity index (χ2v) is 5.49. The Kier molecular flexibility index (Phi) is 8.56. The number of rotatable bonds is 3. The number of fused-ring (bicyclic) bond motifs is 1. The Morgan fingerprint density at radius 1 is 1.04 bits per heavy atom. The number of carbonyl (C=O) groups excluding carboxylic acids is 1. The SMILES string of the molecule is CC(=O)CC(C)O.[Ir].[c-]1ccccc1-c1[c-]c2ccccc2cc1. The van der Waals surface area contributed by atoms with Crippen LogP contribution in [0.5, 0.6) is 0 Å². The van der Waals surface area contributed by atoms with Gasteiger partial charge in [0, 0.05) is 26.5 Å². The number of hydrogen-bond acceptors (Lipinski definition) is 2. The predicted octanol–water partition coefficient (Wildman–Crippen LogP) is 4.45. The van der Waals surface area contributed by atoms with Crippen LogP contribution in [0.2, 0.25) is 0 Å². The number of aliphatic hydroxyl groups is 1. The summed E-state index contributed by atoms with van der Waals surface area (Å²) in [7, 11) is 0. The van der Waals surface area contributed by atoms with Crippen LogP contribution in [0.3, 0.4) is 0 Å². The average molecular weight is 497 g/mol. The van der Waals surface area contributed by atoms with Gasteiger partial charge < -0.3 is 5.11 Å². The van der Waals surface area contributed by atoms with Crippen molar-refractivity contribution < 1.29 is 30.0 Å². The van der Waals surface area contributed by atoms with Crippen LogP contribution in [0.1, 0.15) is 20.3 Å². The Morgan fingerprint density at radius 2 is 1.75 bits per heavy atom. The van der Waals surface area contributed by atoms with Crippen LogP contribution in [0.25, 0.3) is 21.9 Å². The van der Waals surface area contributed by atoms with Gasteiger partial charge in [-0.15, -0.1) is 23.6 Å². The quantitative estimate of drug-likeness (QED) is 0.544. The van der Waals surface area contributed by atoms with Gasteiger partial charge in [0.25, 0.3) is 0 Å². The van der Waals surface area contributed by atoms with Crippen LogP contribution in [-0.2, 0) is 24.9 Å². The summed E-state index contributed by atoms with van der Waals surface area (Å²) < 4.78 is 0. The third-order valence-electron chi connectivity index (χ3n) is 3.24. The van der Waals surface area contributed by atoms with E-state index in [0.717, 1.165) is 16.5 Å². The van der Waals surface area contributed by atoms with Gasteiger partial charge >= 0.3 is 0 Å². The zero-order valence-electron chi connectivity index (χ0n) is 13.7. The molecule has 3 aromatic carbocycles. The van der Waals surface area contributed by atoms with Crippen molar-refractivity contribution in [2.24, 2.45) is 0 Å². The van der Waals surface area contributed by atoms with E-state index in [1.165, 1.54) is 12.3 Å². The summed E-state index contributed by atoms with van der Waals surface area (Å²) in [6.07, 6.45) is -0.197. The van der Waals surface area contributed by atoms with Crippen molar-refractivity contribution in [3.63, 3.8) is 0 Å². The van der Waals surface area contributed by atoms with Gasteiger partial charge in [-0.3, -0.25) is 4.79 Å². The van der Waals surface area contributed by atoms with Crippen LogP contribution in [0.4, 0.5) is 0 Å². The van der Waals surface area contributed by atoms with Crippen molar-refractivity contribution >= 4 is 16.6 Å². The Hall–Kier alpha value is -1.80. The predicted molar refractivity (Wildman–Crippen MR) is 94.0 cm³/mol. The fourth-order valence-electron chi connectivity index (χ4n) is 2.25. The van der Waals surface area contributed by atoms with Crippen LogP contribution in [0.15, 0.2) is 60.7 Å². The zero-order chi connectivity index (χ0) is 16.7. The number of ketones is 1. The molecule has 0 aliphatic carbocycles. The van der Waals surface area contributed by atoms with E-state index >= 15 is 0 Å². The van der Waals surface area contributed by atoms with E-state index in [-0.39, 0.29) is 32.3 Å². The van der Waals surface area contributed by atoms with Crippen molar-refractivity contribution in [1.29, 1.82) is 0 Å². The zero-order valence-corrected chi connectivity index (χ0v) is 16.1. The normalized spacial score (nSPS) is 11.0. The number of aliphatic hydroxyl groups excluding tert-OH is 1. The van der Waals surface area contributed by atoms with E-state index in [2.05, 4.69) is 42.5 Å². The molecule has 1 unspecified atom stereocenters. The number of benzene rings is 3. The summed E-state index contributed by atoms with van der Waals surface area (Å²) >= 11 is 0. The maximum atomic E-state index is 10.1. The molecule has 2 nitrogen and oxygen atoms in total. The van der Waals surface area contributed by atoms with E-state index in [9.17, 15) is 4.79 Å². The Balaban J connectivity index is 0.000000312.